The molecule has 0 N–H and O–H groups in total. The first-order valence-electron chi connectivity index (χ1n) is 8.63. The van der Waals surface area contributed by atoms with Crippen molar-refractivity contribution in [1.29, 1.82) is 0 Å². The maximum Gasteiger partial charge on any atom is 0.146 e. The fraction of sp³-hybridized carbons (Fsp3) is 0.600. The van der Waals surface area contributed by atoms with Crippen molar-refractivity contribution in [3.05, 3.63) is 21.9 Å². The maximum atomic E-state index is 3.81. The third kappa shape index (κ3) is 5.11. The monoisotopic (exact) mass is 360 g/mol. The smallest absolute Gasteiger partial charge is 0.146 e. The lowest BCUT2D eigenvalue weighted by Gasteiger charge is -2.38. The van der Waals surface area contributed by atoms with Crippen LogP contribution >= 0.6 is 11.3 Å². The molecule has 3 heteroatoms. The van der Waals surface area contributed by atoms with Crippen molar-refractivity contribution in [3.63, 3.8) is 0 Å². The van der Waals surface area contributed by atoms with Crippen LogP contribution in [0.4, 0.5) is 0 Å². The summed E-state index contributed by atoms with van der Waals surface area (Å²) in [6, 6.07) is 0. The first-order valence-corrected chi connectivity index (χ1v) is 15.3. The van der Waals surface area contributed by atoms with Gasteiger partial charge >= 0.3 is 0 Å². The molecule has 126 valence electrons. The Balaban J connectivity index is 3.30. The zero-order valence-electron chi connectivity index (χ0n) is 16.3. The van der Waals surface area contributed by atoms with Gasteiger partial charge in [-0.3, -0.25) is 0 Å². The van der Waals surface area contributed by atoms with Gasteiger partial charge in [0.2, 0.25) is 0 Å². The van der Waals surface area contributed by atoms with Gasteiger partial charge in [-0.15, -0.1) is 22.4 Å². The Hall–Kier alpha value is -0.746. The van der Waals surface area contributed by atoms with Gasteiger partial charge in [0.1, 0.15) is 16.1 Å². The molecule has 0 nitrogen and oxygen atoms in total. The molecule has 1 aromatic rings. The first kappa shape index (κ1) is 20.3. The lowest BCUT2D eigenvalue weighted by Crippen LogP contribution is -2.43. The molecule has 0 aliphatic heterocycles. The van der Waals surface area contributed by atoms with Crippen LogP contribution in [-0.4, -0.2) is 16.1 Å². The van der Waals surface area contributed by atoms with Gasteiger partial charge in [-0.2, -0.15) is 0 Å². The Morgan fingerprint density at radius 2 is 1.13 bits per heavy atom. The van der Waals surface area contributed by atoms with E-state index in [0.717, 1.165) is 11.1 Å². The molecule has 0 bridgehead atoms. The molecule has 0 atom stereocenters. The van der Waals surface area contributed by atoms with E-state index in [1.807, 2.05) is 0 Å². The zero-order chi connectivity index (χ0) is 17.8. The Morgan fingerprint density at radius 1 is 0.739 bits per heavy atom. The molecule has 0 aliphatic carbocycles. The summed E-state index contributed by atoms with van der Waals surface area (Å²) >= 11 is 1.72. The maximum absolute atomic E-state index is 3.81. The minimum absolute atomic E-state index is 0.671. The first-order chi connectivity index (χ1) is 10.5. The van der Waals surface area contributed by atoms with E-state index in [2.05, 4.69) is 94.9 Å². The summed E-state index contributed by atoms with van der Waals surface area (Å²) in [5.41, 5.74) is 11.6. The molecule has 0 fully saturated rings. The normalized spacial score (nSPS) is 12.2. The van der Waals surface area contributed by atoms with Crippen LogP contribution in [0.1, 0.15) is 52.7 Å². The second-order valence-electron chi connectivity index (χ2n) is 8.35. The molecule has 0 amide bonds. The molecule has 0 saturated carbocycles. The Bertz CT molecular complexity index is 615. The molecule has 0 spiro atoms. The van der Waals surface area contributed by atoms with E-state index < -0.39 is 16.1 Å². The van der Waals surface area contributed by atoms with Crippen LogP contribution in [0.5, 0.6) is 0 Å². The quantitative estimate of drug-likeness (QED) is 0.423. The molecule has 1 aromatic heterocycles. The summed E-state index contributed by atoms with van der Waals surface area (Å²) in [4.78, 5) is 0. The van der Waals surface area contributed by atoms with Gasteiger partial charge in [0.05, 0.1) is 11.1 Å². The van der Waals surface area contributed by atoms with Crippen LogP contribution in [0, 0.1) is 22.9 Å². The summed E-state index contributed by atoms with van der Waals surface area (Å²) < 4.78 is 0. The Labute approximate surface area is 150 Å². The highest BCUT2D eigenvalue weighted by molar-refractivity contribution is 7.08. The molecule has 23 heavy (non-hydrogen) atoms. The number of thiophene rings is 1. The molecule has 0 aromatic carbocycles. The van der Waals surface area contributed by atoms with E-state index in [9.17, 15) is 0 Å². The number of hydrogen-bond donors (Lipinski definition) is 0. The average Bonchev–Trinajstić information content (AvgIpc) is 2.82. The van der Waals surface area contributed by atoms with Gasteiger partial charge in [0, 0.05) is 10.8 Å². The van der Waals surface area contributed by atoms with Gasteiger partial charge in [0.15, 0.2) is 0 Å². The van der Waals surface area contributed by atoms with E-state index >= 15 is 0 Å². The third-order valence-electron chi connectivity index (χ3n) is 4.51. The number of hydrogen-bond acceptors (Lipinski definition) is 1. The highest BCUT2D eigenvalue weighted by Crippen LogP contribution is 2.40. The van der Waals surface area contributed by atoms with Crippen molar-refractivity contribution in [2.45, 2.75) is 77.8 Å². The van der Waals surface area contributed by atoms with Crippen molar-refractivity contribution < 1.29 is 0 Å². The summed E-state index contributed by atoms with van der Waals surface area (Å²) in [6.45, 7) is 21.0. The van der Waals surface area contributed by atoms with E-state index in [4.69, 9.17) is 0 Å². The highest BCUT2D eigenvalue weighted by atomic mass is 32.1. The molecular weight excluding hydrogens is 328 g/mol. The second kappa shape index (κ2) is 7.88. The van der Waals surface area contributed by atoms with Crippen molar-refractivity contribution in [3.8, 4) is 22.9 Å². The SMILES string of the molecule is CC(C)[Si](C#Cc1cscc1C#C[Si](C)(C)C)(C(C)C)C(C)C. The van der Waals surface area contributed by atoms with Crippen LogP contribution in [0.2, 0.25) is 36.3 Å². The summed E-state index contributed by atoms with van der Waals surface area (Å²) in [7, 11) is -3.01. The minimum Gasteiger partial charge on any atom is -0.150 e. The Morgan fingerprint density at radius 3 is 1.48 bits per heavy atom. The topological polar surface area (TPSA) is 0 Å². The molecule has 0 radical (unpaired) electrons. The molecule has 0 saturated heterocycles. The van der Waals surface area contributed by atoms with Gasteiger partial charge in [-0.25, -0.2) is 0 Å². The van der Waals surface area contributed by atoms with Crippen molar-refractivity contribution in [2.24, 2.45) is 0 Å². The average molecular weight is 361 g/mol. The molecule has 0 aliphatic rings. The highest BCUT2D eigenvalue weighted by Gasteiger charge is 2.41. The fourth-order valence-corrected chi connectivity index (χ4v) is 9.79. The van der Waals surface area contributed by atoms with Crippen LogP contribution in [0.25, 0.3) is 0 Å². The van der Waals surface area contributed by atoms with Gasteiger partial charge in [-0.1, -0.05) is 73.0 Å². The predicted molar refractivity (Wildman–Crippen MR) is 112 cm³/mol. The summed E-state index contributed by atoms with van der Waals surface area (Å²) in [5, 5.41) is 4.32. The fourth-order valence-electron chi connectivity index (χ4n) is 3.35. The van der Waals surface area contributed by atoms with Gasteiger partial charge < -0.3 is 0 Å². The van der Waals surface area contributed by atoms with Crippen LogP contribution in [0.15, 0.2) is 10.8 Å². The van der Waals surface area contributed by atoms with Gasteiger partial charge in [0.25, 0.3) is 0 Å². The van der Waals surface area contributed by atoms with E-state index in [1.54, 1.807) is 11.3 Å². The lowest BCUT2D eigenvalue weighted by molar-refractivity contribution is 0.838. The number of rotatable bonds is 3. The standard InChI is InChI=1S/C20H32SSi2/c1-16(2)23(17(3)4,18(5)6)13-11-20-15-21-14-19(20)10-12-22(7,8)9/h14-18H,1-9H3. The van der Waals surface area contributed by atoms with Crippen molar-refractivity contribution in [2.75, 3.05) is 0 Å². The van der Waals surface area contributed by atoms with Crippen LogP contribution in [-0.2, 0) is 0 Å². The van der Waals surface area contributed by atoms with Crippen LogP contribution < -0.4 is 0 Å². The minimum atomic E-state index is -1.66. The van der Waals surface area contributed by atoms with E-state index in [1.165, 1.54) is 0 Å². The molecule has 1 rings (SSSR count). The second-order valence-corrected chi connectivity index (χ2v) is 19.4. The molecule has 0 unspecified atom stereocenters. The lowest BCUT2D eigenvalue weighted by atomic mass is 10.2. The largest absolute Gasteiger partial charge is 0.150 e. The summed E-state index contributed by atoms with van der Waals surface area (Å²) in [5.74, 6) is 6.94. The Kier molecular flexibility index (Phi) is 6.96. The predicted octanol–water partition coefficient (Wildman–Crippen LogP) is 6.55. The van der Waals surface area contributed by atoms with Gasteiger partial charge in [-0.05, 0) is 16.6 Å². The third-order valence-corrected chi connectivity index (χ3v) is 12.4. The zero-order valence-corrected chi connectivity index (χ0v) is 19.1. The molecular formula is C20H32SSi2. The van der Waals surface area contributed by atoms with Crippen molar-refractivity contribution in [1.82, 2.24) is 0 Å². The van der Waals surface area contributed by atoms with Crippen molar-refractivity contribution >= 4 is 27.5 Å². The van der Waals surface area contributed by atoms with E-state index in [-0.39, 0.29) is 0 Å². The van der Waals surface area contributed by atoms with E-state index in [0.29, 0.717) is 16.6 Å². The molecule has 1 heterocycles. The summed E-state index contributed by atoms with van der Waals surface area (Å²) in [6.07, 6.45) is 0. The van der Waals surface area contributed by atoms with Crippen LogP contribution in [0.3, 0.4) is 0 Å².